The van der Waals surface area contributed by atoms with Gasteiger partial charge in [-0.25, -0.2) is 0 Å². The minimum Gasteiger partial charge on any atom is -0.550 e. The molecule has 4 heteroatoms. The predicted octanol–water partition coefficient (Wildman–Crippen LogP) is -0.203. The molecule has 2 fully saturated rings. The second kappa shape index (κ2) is 3.86. The molecular formula is C13H16NO3-. The fourth-order valence-electron chi connectivity index (χ4n) is 3.63. The molecule has 1 heterocycles. The molecule has 3 rings (SSSR count). The lowest BCUT2D eigenvalue weighted by Crippen LogP contribution is -2.45. The number of hydrogen-bond donors (Lipinski definition) is 0. The van der Waals surface area contributed by atoms with Crippen molar-refractivity contribution < 1.29 is 14.7 Å². The Bertz CT molecular complexity index is 384. The van der Waals surface area contributed by atoms with Crippen molar-refractivity contribution in [2.45, 2.75) is 19.3 Å². The van der Waals surface area contributed by atoms with Crippen LogP contribution in [0.1, 0.15) is 19.3 Å². The number of hydrogen-bond acceptors (Lipinski definition) is 3. The number of aliphatic carboxylic acids is 1. The molecule has 0 unspecified atom stereocenters. The lowest BCUT2D eigenvalue weighted by atomic mass is 9.82. The number of nitrogens with zero attached hydrogens (tertiary/aromatic N) is 1. The molecule has 0 aromatic carbocycles. The van der Waals surface area contributed by atoms with Crippen molar-refractivity contribution in [1.29, 1.82) is 0 Å². The molecular weight excluding hydrogens is 218 g/mol. The maximum atomic E-state index is 12.4. The van der Waals surface area contributed by atoms with Gasteiger partial charge in [-0.3, -0.25) is 4.79 Å². The molecule has 4 nitrogen and oxygen atoms in total. The van der Waals surface area contributed by atoms with Crippen molar-refractivity contribution in [1.82, 2.24) is 4.90 Å². The Balaban J connectivity index is 1.83. The summed E-state index contributed by atoms with van der Waals surface area (Å²) < 4.78 is 0. The average Bonchev–Trinajstić information content (AvgIpc) is 3.02. The molecule has 0 aromatic heterocycles. The molecule has 0 N–H and O–H groups in total. The number of carboxylic acids is 1. The van der Waals surface area contributed by atoms with Crippen molar-refractivity contribution in [3.63, 3.8) is 0 Å². The summed E-state index contributed by atoms with van der Waals surface area (Å²) in [6.45, 7) is 1.58. The van der Waals surface area contributed by atoms with Crippen LogP contribution in [-0.4, -0.2) is 29.9 Å². The van der Waals surface area contributed by atoms with E-state index in [2.05, 4.69) is 0 Å². The molecule has 0 spiro atoms. The predicted molar refractivity (Wildman–Crippen MR) is 58.5 cm³/mol. The fourth-order valence-corrected chi connectivity index (χ4v) is 3.63. The van der Waals surface area contributed by atoms with Crippen LogP contribution in [0.4, 0.5) is 0 Å². The third-order valence-corrected chi connectivity index (χ3v) is 4.43. The first kappa shape index (κ1) is 10.8. The average molecular weight is 234 g/mol. The van der Waals surface area contributed by atoms with Crippen LogP contribution >= 0.6 is 0 Å². The van der Waals surface area contributed by atoms with Crippen molar-refractivity contribution in [3.05, 3.63) is 12.2 Å². The van der Waals surface area contributed by atoms with Crippen LogP contribution in [0.5, 0.6) is 0 Å². The molecule has 1 amide bonds. The Hall–Kier alpha value is -1.32. The Labute approximate surface area is 100 Å². The number of likely N-dealkylation sites (tertiary alicyclic amines) is 1. The van der Waals surface area contributed by atoms with Crippen molar-refractivity contribution in [2.24, 2.45) is 23.7 Å². The SMILES string of the molecule is O=C([O-])[C@H]1[C@H](C(=O)N2CCCC2)[C@H]2C=C[C@@H]1C2. The monoisotopic (exact) mass is 234 g/mol. The first-order chi connectivity index (χ1) is 8.18. The summed E-state index contributed by atoms with van der Waals surface area (Å²) in [4.78, 5) is 25.4. The van der Waals surface area contributed by atoms with Crippen molar-refractivity contribution in [3.8, 4) is 0 Å². The summed E-state index contributed by atoms with van der Waals surface area (Å²) in [6, 6.07) is 0. The second-order valence-electron chi connectivity index (χ2n) is 5.35. The van der Waals surface area contributed by atoms with Crippen molar-refractivity contribution >= 4 is 11.9 Å². The highest BCUT2D eigenvalue weighted by atomic mass is 16.4. The van der Waals surface area contributed by atoms with E-state index in [0.717, 1.165) is 32.4 Å². The number of carbonyl (C=O) groups excluding carboxylic acids is 2. The number of fused-ring (bicyclic) bond motifs is 2. The zero-order valence-electron chi connectivity index (χ0n) is 9.67. The zero-order valence-corrected chi connectivity index (χ0v) is 9.67. The summed E-state index contributed by atoms with van der Waals surface area (Å²) in [7, 11) is 0. The maximum Gasteiger partial charge on any atom is 0.226 e. The molecule has 3 aliphatic rings. The highest BCUT2D eigenvalue weighted by Gasteiger charge is 2.49. The van der Waals surface area contributed by atoms with Gasteiger partial charge in [0.1, 0.15) is 0 Å². The number of allylic oxidation sites excluding steroid dienone is 2. The Morgan fingerprint density at radius 3 is 2.24 bits per heavy atom. The van der Waals surface area contributed by atoms with Crippen LogP contribution in [0.25, 0.3) is 0 Å². The number of rotatable bonds is 2. The van der Waals surface area contributed by atoms with E-state index >= 15 is 0 Å². The third kappa shape index (κ3) is 1.58. The lowest BCUT2D eigenvalue weighted by molar-refractivity contribution is -0.313. The Morgan fingerprint density at radius 1 is 1.06 bits per heavy atom. The first-order valence-corrected chi connectivity index (χ1v) is 6.36. The van der Waals surface area contributed by atoms with Crippen LogP contribution < -0.4 is 5.11 Å². The number of carboxylic acid groups (broad SMARTS) is 1. The third-order valence-electron chi connectivity index (χ3n) is 4.43. The molecule has 1 saturated heterocycles. The van der Waals surface area contributed by atoms with E-state index in [4.69, 9.17) is 0 Å². The molecule has 0 aromatic rings. The molecule has 2 bridgehead atoms. The standard InChI is InChI=1S/C13H17NO3/c15-12(14-5-1-2-6-14)10-8-3-4-9(7-8)11(10)13(16)17/h3-4,8-11H,1-2,5-7H2,(H,16,17)/p-1/t8-,9+,10+,11+/m0/s1. The number of carbonyl (C=O) groups is 2. The van der Waals surface area contributed by atoms with E-state index in [-0.39, 0.29) is 23.7 Å². The van der Waals surface area contributed by atoms with Gasteiger partial charge in [-0.15, -0.1) is 0 Å². The van der Waals surface area contributed by atoms with Gasteiger partial charge in [0.25, 0.3) is 0 Å². The first-order valence-electron chi connectivity index (χ1n) is 6.36. The van der Waals surface area contributed by atoms with Crippen LogP contribution in [0.15, 0.2) is 12.2 Å². The summed E-state index contributed by atoms with van der Waals surface area (Å²) in [6.07, 6.45) is 6.85. The Morgan fingerprint density at radius 2 is 1.65 bits per heavy atom. The molecule has 2 aliphatic carbocycles. The summed E-state index contributed by atoms with van der Waals surface area (Å²) in [5, 5.41) is 11.2. The normalized spacial score (nSPS) is 38.9. The van der Waals surface area contributed by atoms with Gasteiger partial charge in [-0.1, -0.05) is 12.2 Å². The van der Waals surface area contributed by atoms with Gasteiger partial charge >= 0.3 is 0 Å². The van der Waals surface area contributed by atoms with Gasteiger partial charge in [0.2, 0.25) is 5.91 Å². The molecule has 17 heavy (non-hydrogen) atoms. The van der Waals surface area contributed by atoms with Crippen LogP contribution in [0.2, 0.25) is 0 Å². The second-order valence-corrected chi connectivity index (χ2v) is 5.35. The largest absolute Gasteiger partial charge is 0.550 e. The quantitative estimate of drug-likeness (QED) is 0.621. The number of amides is 1. The maximum absolute atomic E-state index is 12.4. The van der Waals surface area contributed by atoms with Gasteiger partial charge in [-0.05, 0) is 31.1 Å². The fraction of sp³-hybridized carbons (Fsp3) is 0.692. The van der Waals surface area contributed by atoms with Crippen LogP contribution in [0.3, 0.4) is 0 Å². The van der Waals surface area contributed by atoms with E-state index in [1.807, 2.05) is 17.1 Å². The molecule has 92 valence electrons. The van der Waals surface area contributed by atoms with Gasteiger partial charge < -0.3 is 14.8 Å². The Kier molecular flexibility index (Phi) is 2.45. The van der Waals surface area contributed by atoms with Gasteiger partial charge in [-0.2, -0.15) is 0 Å². The van der Waals surface area contributed by atoms with Crippen molar-refractivity contribution in [2.75, 3.05) is 13.1 Å². The van der Waals surface area contributed by atoms with Crippen LogP contribution in [0, 0.1) is 23.7 Å². The van der Waals surface area contributed by atoms with Gasteiger partial charge in [0.15, 0.2) is 0 Å². The zero-order chi connectivity index (χ0) is 12.0. The van der Waals surface area contributed by atoms with E-state index in [9.17, 15) is 14.7 Å². The van der Waals surface area contributed by atoms with E-state index in [1.54, 1.807) is 0 Å². The highest BCUT2D eigenvalue weighted by Crippen LogP contribution is 2.48. The summed E-state index contributed by atoms with van der Waals surface area (Å²) >= 11 is 0. The van der Waals surface area contributed by atoms with Crippen LogP contribution in [-0.2, 0) is 9.59 Å². The lowest BCUT2D eigenvalue weighted by Gasteiger charge is -2.31. The van der Waals surface area contributed by atoms with E-state index in [1.165, 1.54) is 0 Å². The van der Waals surface area contributed by atoms with Gasteiger partial charge in [0.05, 0.1) is 5.92 Å². The molecule has 1 aliphatic heterocycles. The van der Waals surface area contributed by atoms with Gasteiger partial charge in [0, 0.05) is 25.0 Å². The minimum absolute atomic E-state index is 0.0153. The summed E-state index contributed by atoms with van der Waals surface area (Å²) in [5.74, 6) is -1.85. The van der Waals surface area contributed by atoms with E-state index < -0.39 is 11.9 Å². The topological polar surface area (TPSA) is 60.4 Å². The highest BCUT2D eigenvalue weighted by molar-refractivity contribution is 5.86. The molecule has 0 radical (unpaired) electrons. The summed E-state index contributed by atoms with van der Waals surface area (Å²) in [5.41, 5.74) is 0. The minimum atomic E-state index is -1.06. The molecule has 4 atom stereocenters. The van der Waals surface area contributed by atoms with E-state index in [0.29, 0.717) is 0 Å². The molecule has 1 saturated carbocycles. The smallest absolute Gasteiger partial charge is 0.226 e.